The van der Waals surface area contributed by atoms with Crippen LogP contribution in [0.4, 0.5) is 0 Å². The molecule has 0 spiro atoms. The molecule has 1 aromatic carbocycles. The van der Waals surface area contributed by atoms with Crippen molar-refractivity contribution < 1.29 is 0 Å². The number of pyridine rings is 2. The molecule has 3 heterocycles. The molecule has 0 aliphatic heterocycles. The molecule has 0 radical (unpaired) electrons. The van der Waals surface area contributed by atoms with Gasteiger partial charge in [0.1, 0.15) is 5.65 Å². The van der Waals surface area contributed by atoms with E-state index in [-0.39, 0.29) is 0 Å². The Morgan fingerprint density at radius 2 is 1.95 bits per heavy atom. The lowest BCUT2D eigenvalue weighted by Crippen LogP contribution is -1.89. The van der Waals surface area contributed by atoms with Crippen molar-refractivity contribution in [3.8, 4) is 11.3 Å². The summed E-state index contributed by atoms with van der Waals surface area (Å²) in [6, 6.07) is 14.3. The maximum atomic E-state index is 4.76. The number of hydrogen-bond acceptors (Lipinski definition) is 2. The first-order chi connectivity index (χ1) is 9.81. The van der Waals surface area contributed by atoms with Crippen molar-refractivity contribution in [3.05, 3.63) is 65.5 Å². The number of fused-ring (bicyclic) bond motifs is 2. The number of imidazole rings is 1. The highest BCUT2D eigenvalue weighted by Gasteiger charge is 2.05. The van der Waals surface area contributed by atoms with Crippen LogP contribution in [0.3, 0.4) is 0 Å². The molecule has 0 aliphatic rings. The summed E-state index contributed by atoms with van der Waals surface area (Å²) in [6.45, 7) is 0. The summed E-state index contributed by atoms with van der Waals surface area (Å²) in [4.78, 5) is 9.01. The lowest BCUT2D eigenvalue weighted by Gasteiger charge is -2.05. The molecule has 3 aromatic heterocycles. The molecule has 3 nitrogen and oxygen atoms in total. The van der Waals surface area contributed by atoms with Gasteiger partial charge in [-0.25, -0.2) is 9.97 Å². The number of aromatic nitrogens is 3. The van der Waals surface area contributed by atoms with Crippen molar-refractivity contribution in [2.75, 3.05) is 0 Å². The van der Waals surface area contributed by atoms with E-state index in [4.69, 9.17) is 4.98 Å². The van der Waals surface area contributed by atoms with Crippen LogP contribution in [-0.4, -0.2) is 14.4 Å². The zero-order chi connectivity index (χ0) is 13.5. The van der Waals surface area contributed by atoms with Crippen LogP contribution in [0.1, 0.15) is 0 Å². The van der Waals surface area contributed by atoms with E-state index in [1.807, 2.05) is 47.1 Å². The van der Waals surface area contributed by atoms with Crippen LogP contribution in [-0.2, 0) is 0 Å². The number of nitrogens with zero attached hydrogens (tertiary/aromatic N) is 3. The Bertz CT molecular complexity index is 927. The molecular weight excluding hydrogens is 314 g/mol. The standard InChI is InChI=1S/C16H10BrN3/c17-13-3-1-2-11-4-6-14(19-16(11)13)12-5-7-15-18-8-9-20(15)10-12/h1-10H. The maximum absolute atomic E-state index is 4.76. The van der Waals surface area contributed by atoms with Crippen molar-refractivity contribution in [1.82, 2.24) is 14.4 Å². The van der Waals surface area contributed by atoms with E-state index >= 15 is 0 Å². The Kier molecular flexibility index (Phi) is 2.57. The third kappa shape index (κ3) is 1.80. The Hall–Kier alpha value is -2.20. The highest BCUT2D eigenvalue weighted by Crippen LogP contribution is 2.26. The minimum atomic E-state index is 0.940. The van der Waals surface area contributed by atoms with Crippen LogP contribution in [0.25, 0.3) is 27.8 Å². The van der Waals surface area contributed by atoms with Crippen LogP contribution in [0.15, 0.2) is 65.5 Å². The Labute approximate surface area is 124 Å². The average Bonchev–Trinajstić information content (AvgIpc) is 2.95. The molecule has 0 saturated carbocycles. The summed E-state index contributed by atoms with van der Waals surface area (Å²) in [7, 11) is 0. The van der Waals surface area contributed by atoms with E-state index in [1.54, 1.807) is 6.20 Å². The lowest BCUT2D eigenvalue weighted by molar-refractivity contribution is 1.18. The van der Waals surface area contributed by atoms with Crippen LogP contribution >= 0.6 is 15.9 Å². The van der Waals surface area contributed by atoms with Crippen molar-refractivity contribution >= 4 is 32.5 Å². The smallest absolute Gasteiger partial charge is 0.136 e. The zero-order valence-electron chi connectivity index (χ0n) is 10.5. The molecule has 4 heteroatoms. The van der Waals surface area contributed by atoms with E-state index in [2.05, 4.69) is 33.0 Å². The second-order valence-electron chi connectivity index (χ2n) is 4.62. The van der Waals surface area contributed by atoms with Crippen LogP contribution in [0, 0.1) is 0 Å². The highest BCUT2D eigenvalue weighted by atomic mass is 79.9. The number of para-hydroxylation sites is 1. The quantitative estimate of drug-likeness (QED) is 0.522. The lowest BCUT2D eigenvalue weighted by atomic mass is 10.1. The number of rotatable bonds is 1. The van der Waals surface area contributed by atoms with Crippen molar-refractivity contribution in [2.45, 2.75) is 0 Å². The molecule has 20 heavy (non-hydrogen) atoms. The largest absolute Gasteiger partial charge is 0.306 e. The van der Waals surface area contributed by atoms with E-state index < -0.39 is 0 Å². The summed E-state index contributed by atoms with van der Waals surface area (Å²) in [6.07, 6.45) is 5.78. The van der Waals surface area contributed by atoms with Gasteiger partial charge in [-0.2, -0.15) is 0 Å². The molecule has 0 unspecified atom stereocenters. The molecule has 0 N–H and O–H groups in total. The van der Waals surface area contributed by atoms with E-state index in [9.17, 15) is 0 Å². The molecule has 4 rings (SSSR count). The van der Waals surface area contributed by atoms with Gasteiger partial charge in [0.25, 0.3) is 0 Å². The summed E-state index contributed by atoms with van der Waals surface area (Å²) < 4.78 is 3.02. The monoisotopic (exact) mass is 323 g/mol. The third-order valence-electron chi connectivity index (χ3n) is 3.36. The summed E-state index contributed by atoms with van der Waals surface area (Å²) >= 11 is 3.56. The Morgan fingerprint density at radius 3 is 2.90 bits per heavy atom. The van der Waals surface area contributed by atoms with Gasteiger partial charge in [-0.05, 0) is 40.2 Å². The van der Waals surface area contributed by atoms with Crippen molar-refractivity contribution in [3.63, 3.8) is 0 Å². The van der Waals surface area contributed by atoms with Gasteiger partial charge >= 0.3 is 0 Å². The SMILES string of the molecule is Brc1cccc2ccc(-c3ccc4nccn4c3)nc12. The van der Waals surface area contributed by atoms with Gasteiger partial charge in [-0.3, -0.25) is 0 Å². The molecular formula is C16H10BrN3. The maximum Gasteiger partial charge on any atom is 0.136 e. The summed E-state index contributed by atoms with van der Waals surface area (Å²) in [5, 5.41) is 1.13. The second-order valence-corrected chi connectivity index (χ2v) is 5.47. The first kappa shape index (κ1) is 11.6. The fourth-order valence-corrected chi connectivity index (χ4v) is 2.81. The van der Waals surface area contributed by atoms with Gasteiger partial charge < -0.3 is 4.40 Å². The van der Waals surface area contributed by atoms with Gasteiger partial charge in [0, 0.05) is 34.0 Å². The van der Waals surface area contributed by atoms with Crippen LogP contribution < -0.4 is 0 Å². The van der Waals surface area contributed by atoms with Crippen molar-refractivity contribution in [2.24, 2.45) is 0 Å². The van der Waals surface area contributed by atoms with Crippen LogP contribution in [0.5, 0.6) is 0 Å². The van der Waals surface area contributed by atoms with E-state index in [1.165, 1.54) is 0 Å². The normalized spacial score (nSPS) is 11.2. The third-order valence-corrected chi connectivity index (χ3v) is 4.00. The molecule has 0 aliphatic carbocycles. The molecule has 0 fully saturated rings. The summed E-state index contributed by atoms with van der Waals surface area (Å²) in [5.41, 5.74) is 3.96. The van der Waals surface area contributed by atoms with Gasteiger partial charge in [0.15, 0.2) is 0 Å². The fraction of sp³-hybridized carbons (Fsp3) is 0. The van der Waals surface area contributed by atoms with Gasteiger partial charge in [0.05, 0.1) is 11.2 Å². The van der Waals surface area contributed by atoms with Gasteiger partial charge in [-0.1, -0.05) is 18.2 Å². The number of hydrogen-bond donors (Lipinski definition) is 0. The molecule has 4 aromatic rings. The zero-order valence-corrected chi connectivity index (χ0v) is 12.1. The molecule has 0 bridgehead atoms. The number of benzene rings is 1. The summed E-state index contributed by atoms with van der Waals surface area (Å²) in [5.74, 6) is 0. The van der Waals surface area contributed by atoms with E-state index in [0.717, 1.165) is 32.3 Å². The fourth-order valence-electron chi connectivity index (χ4n) is 2.34. The van der Waals surface area contributed by atoms with Gasteiger partial charge in [0.2, 0.25) is 0 Å². The first-order valence-electron chi connectivity index (χ1n) is 6.30. The average molecular weight is 324 g/mol. The highest BCUT2D eigenvalue weighted by molar-refractivity contribution is 9.10. The molecule has 0 saturated heterocycles. The second kappa shape index (κ2) is 4.42. The molecule has 0 atom stereocenters. The van der Waals surface area contributed by atoms with E-state index in [0.29, 0.717) is 0 Å². The van der Waals surface area contributed by atoms with Crippen molar-refractivity contribution in [1.29, 1.82) is 0 Å². The predicted molar refractivity (Wildman–Crippen MR) is 83.6 cm³/mol. The Morgan fingerprint density at radius 1 is 1.00 bits per heavy atom. The molecule has 0 amide bonds. The minimum Gasteiger partial charge on any atom is -0.306 e. The Balaban J connectivity index is 1.94. The minimum absolute atomic E-state index is 0.940. The topological polar surface area (TPSA) is 30.2 Å². The van der Waals surface area contributed by atoms with Gasteiger partial charge in [-0.15, -0.1) is 0 Å². The predicted octanol–water partition coefficient (Wildman–Crippen LogP) is 4.31. The van der Waals surface area contributed by atoms with Crippen LogP contribution in [0.2, 0.25) is 0 Å². The number of halogens is 1. The first-order valence-corrected chi connectivity index (χ1v) is 7.09. The molecule has 96 valence electrons.